The molecule has 2 saturated heterocycles. The fourth-order valence-corrected chi connectivity index (χ4v) is 5.71. The Labute approximate surface area is 240 Å². The van der Waals surface area contributed by atoms with E-state index in [2.05, 4.69) is 15.5 Å². The lowest BCUT2D eigenvalue weighted by Gasteiger charge is -2.35. The largest absolute Gasteiger partial charge is 0.457 e. The Balaban J connectivity index is 1.72. The summed E-state index contributed by atoms with van der Waals surface area (Å²) >= 11 is 1.42. The molecular formula is C28H41N5O6S. The number of piperazine rings is 1. The molecule has 2 fully saturated rings. The third-order valence-electron chi connectivity index (χ3n) is 6.93. The molecule has 2 heterocycles. The van der Waals surface area contributed by atoms with E-state index in [1.807, 2.05) is 39.1 Å². The van der Waals surface area contributed by atoms with Gasteiger partial charge in [0.25, 0.3) is 5.78 Å². The number of ketones is 1. The van der Waals surface area contributed by atoms with Crippen molar-refractivity contribution >= 4 is 41.4 Å². The van der Waals surface area contributed by atoms with Crippen molar-refractivity contribution in [1.29, 1.82) is 0 Å². The number of hydrogen-bond donors (Lipinski definition) is 2. The first-order valence-electron chi connectivity index (χ1n) is 13.7. The van der Waals surface area contributed by atoms with Crippen molar-refractivity contribution in [2.75, 3.05) is 44.9 Å². The molecule has 0 spiro atoms. The lowest BCUT2D eigenvalue weighted by atomic mass is 10.0. The van der Waals surface area contributed by atoms with Crippen LogP contribution in [0.3, 0.4) is 0 Å². The van der Waals surface area contributed by atoms with Crippen molar-refractivity contribution in [3.8, 4) is 0 Å². The van der Waals surface area contributed by atoms with Gasteiger partial charge in [-0.2, -0.15) is 0 Å². The first-order chi connectivity index (χ1) is 19.0. The Kier molecular flexibility index (Phi) is 11.4. The Morgan fingerprint density at radius 1 is 0.975 bits per heavy atom. The van der Waals surface area contributed by atoms with Gasteiger partial charge in [0.2, 0.25) is 11.8 Å². The molecule has 0 aliphatic carbocycles. The molecule has 0 saturated carbocycles. The zero-order valence-corrected chi connectivity index (χ0v) is 24.7. The molecule has 11 nitrogen and oxygen atoms in total. The Morgan fingerprint density at radius 3 is 2.23 bits per heavy atom. The smallest absolute Gasteiger partial charge is 0.377 e. The van der Waals surface area contributed by atoms with Gasteiger partial charge in [-0.05, 0) is 32.4 Å². The van der Waals surface area contributed by atoms with Crippen LogP contribution in [-0.4, -0.2) is 113 Å². The van der Waals surface area contributed by atoms with Crippen LogP contribution in [0.1, 0.15) is 33.3 Å². The fraction of sp³-hybridized carbons (Fsp3) is 0.607. The topological polar surface area (TPSA) is 128 Å². The van der Waals surface area contributed by atoms with Crippen LogP contribution in [0, 0.1) is 5.92 Å². The molecule has 0 aromatic heterocycles. The number of Topliss-reactive ketones (excluding diaryl/α,β-unsaturated/α-hetero) is 1. The van der Waals surface area contributed by atoms with Crippen molar-refractivity contribution in [1.82, 2.24) is 25.3 Å². The van der Waals surface area contributed by atoms with Crippen molar-refractivity contribution in [3.63, 3.8) is 0 Å². The summed E-state index contributed by atoms with van der Waals surface area (Å²) in [5, 5.41) is 5.60. The molecule has 0 bridgehead atoms. The number of carbonyl (C=O) groups is 5. The van der Waals surface area contributed by atoms with Crippen LogP contribution in [0.15, 0.2) is 30.3 Å². The molecule has 12 heteroatoms. The number of carbonyl (C=O) groups excluding carboxylic acids is 5. The number of hydrogen-bond acceptors (Lipinski definition) is 8. The van der Waals surface area contributed by atoms with Crippen LogP contribution < -0.4 is 10.6 Å². The quantitative estimate of drug-likeness (QED) is 0.314. The van der Waals surface area contributed by atoms with Crippen molar-refractivity contribution < 1.29 is 28.7 Å². The van der Waals surface area contributed by atoms with Gasteiger partial charge in [0.05, 0.1) is 12.0 Å². The van der Waals surface area contributed by atoms with Gasteiger partial charge < -0.3 is 30.1 Å². The molecule has 2 N–H and O–H groups in total. The van der Waals surface area contributed by atoms with E-state index in [-0.39, 0.29) is 30.2 Å². The van der Waals surface area contributed by atoms with E-state index in [4.69, 9.17) is 4.74 Å². The second kappa shape index (κ2) is 14.5. The van der Waals surface area contributed by atoms with Gasteiger partial charge in [-0.3, -0.25) is 14.4 Å². The summed E-state index contributed by atoms with van der Waals surface area (Å²) in [7, 11) is 2.00. The molecule has 3 rings (SSSR count). The minimum atomic E-state index is -1.15. The predicted octanol–water partition coefficient (Wildman–Crippen LogP) is 1.12. The molecule has 2 aliphatic rings. The number of nitrogens with zero attached hydrogens (tertiary/aromatic N) is 3. The standard InChI is InChI=1S/C28H41N5O6S/c1-18(2)23(30-28(38)32-13-11-31(5)12-14-32)26(36)33-17-40-16-22(33)25(35)29-21(15-20-9-7-6-8-10-20)24(34)27(37)39-19(3)4/h6-10,18-19,21-23H,11-17H2,1-5H3,(H,29,35)(H,30,38)/t21-,22-,23-/m0/s1. The van der Waals surface area contributed by atoms with Crippen LogP contribution in [0.25, 0.3) is 0 Å². The fourth-order valence-electron chi connectivity index (χ4n) is 4.54. The van der Waals surface area contributed by atoms with E-state index in [0.29, 0.717) is 18.8 Å². The van der Waals surface area contributed by atoms with Gasteiger partial charge >= 0.3 is 12.0 Å². The minimum absolute atomic E-state index is 0.0993. The highest BCUT2D eigenvalue weighted by Gasteiger charge is 2.41. The number of likely N-dealkylation sites (N-methyl/N-ethyl adjacent to an activating group) is 1. The lowest BCUT2D eigenvalue weighted by molar-refractivity contribution is -0.158. The zero-order valence-electron chi connectivity index (χ0n) is 23.9. The molecule has 0 unspecified atom stereocenters. The maximum atomic E-state index is 13.7. The summed E-state index contributed by atoms with van der Waals surface area (Å²) in [6.07, 6.45) is -0.389. The van der Waals surface area contributed by atoms with Gasteiger partial charge in [0.15, 0.2) is 0 Å². The van der Waals surface area contributed by atoms with E-state index in [1.54, 1.807) is 30.9 Å². The Morgan fingerprint density at radius 2 is 1.62 bits per heavy atom. The van der Waals surface area contributed by atoms with Gasteiger partial charge in [-0.1, -0.05) is 44.2 Å². The highest BCUT2D eigenvalue weighted by molar-refractivity contribution is 7.99. The van der Waals surface area contributed by atoms with E-state index < -0.39 is 41.9 Å². The highest BCUT2D eigenvalue weighted by atomic mass is 32.2. The molecule has 40 heavy (non-hydrogen) atoms. The van der Waals surface area contributed by atoms with E-state index in [1.165, 1.54) is 16.7 Å². The lowest BCUT2D eigenvalue weighted by Crippen LogP contribution is -2.60. The van der Waals surface area contributed by atoms with E-state index in [9.17, 15) is 24.0 Å². The van der Waals surface area contributed by atoms with Crippen molar-refractivity contribution in [2.24, 2.45) is 5.92 Å². The Hall–Kier alpha value is -3.12. The number of rotatable bonds is 10. The number of thioether (sulfide) groups is 1. The molecule has 0 radical (unpaired) electrons. The average molecular weight is 576 g/mol. The normalized spacial score (nSPS) is 19.3. The summed E-state index contributed by atoms with van der Waals surface area (Å²) in [6.45, 7) is 9.63. The highest BCUT2D eigenvalue weighted by Crippen LogP contribution is 2.24. The molecule has 2 aliphatic heterocycles. The van der Waals surface area contributed by atoms with Crippen LogP contribution in [0.2, 0.25) is 0 Å². The summed E-state index contributed by atoms with van der Waals surface area (Å²) in [6, 6.07) is 5.93. The third kappa shape index (κ3) is 8.44. The summed E-state index contributed by atoms with van der Waals surface area (Å²) in [4.78, 5) is 70.8. The maximum Gasteiger partial charge on any atom is 0.377 e. The van der Waals surface area contributed by atoms with Gasteiger partial charge in [0, 0.05) is 38.4 Å². The number of esters is 1. The number of amides is 4. The van der Waals surface area contributed by atoms with Crippen LogP contribution in [0.4, 0.5) is 4.79 Å². The maximum absolute atomic E-state index is 13.7. The van der Waals surface area contributed by atoms with Crippen LogP contribution in [0.5, 0.6) is 0 Å². The van der Waals surface area contributed by atoms with Crippen molar-refractivity contribution in [3.05, 3.63) is 35.9 Å². The number of benzene rings is 1. The monoisotopic (exact) mass is 575 g/mol. The zero-order chi connectivity index (χ0) is 29.4. The van der Waals surface area contributed by atoms with Crippen LogP contribution >= 0.6 is 11.8 Å². The molecule has 220 valence electrons. The summed E-state index contributed by atoms with van der Waals surface area (Å²) in [5.74, 6) is -2.36. The van der Waals surface area contributed by atoms with Crippen LogP contribution in [-0.2, 0) is 30.3 Å². The number of urea groups is 1. The van der Waals surface area contributed by atoms with E-state index >= 15 is 0 Å². The number of ether oxygens (including phenoxy) is 1. The van der Waals surface area contributed by atoms with Crippen molar-refractivity contribution in [2.45, 2.75) is 58.3 Å². The number of nitrogens with one attached hydrogen (secondary N) is 2. The predicted molar refractivity (Wildman–Crippen MR) is 152 cm³/mol. The molecule has 1 aromatic rings. The first-order valence-corrected chi connectivity index (χ1v) is 14.8. The second-order valence-electron chi connectivity index (χ2n) is 10.9. The Bertz CT molecular complexity index is 1060. The summed E-state index contributed by atoms with van der Waals surface area (Å²) in [5.41, 5.74) is 0.763. The molecular weight excluding hydrogens is 534 g/mol. The molecule has 3 atom stereocenters. The minimum Gasteiger partial charge on any atom is -0.457 e. The van der Waals surface area contributed by atoms with Gasteiger partial charge in [-0.15, -0.1) is 11.8 Å². The SMILES string of the molecule is CC(C)OC(=O)C(=O)[C@H](Cc1ccccc1)NC(=O)[C@@H]1CSCN1C(=O)[C@@H](NC(=O)N1CCN(C)CC1)C(C)C. The molecule has 1 aromatic carbocycles. The van der Waals surface area contributed by atoms with Gasteiger partial charge in [0.1, 0.15) is 18.1 Å². The first kappa shape index (κ1) is 31.4. The molecule has 4 amide bonds. The summed E-state index contributed by atoms with van der Waals surface area (Å²) < 4.78 is 5.09. The average Bonchev–Trinajstić information content (AvgIpc) is 3.41. The van der Waals surface area contributed by atoms with E-state index in [0.717, 1.165) is 18.7 Å². The van der Waals surface area contributed by atoms with Gasteiger partial charge in [-0.25, -0.2) is 9.59 Å². The second-order valence-corrected chi connectivity index (χ2v) is 11.9. The third-order valence-corrected chi connectivity index (χ3v) is 7.94.